The number of rotatable bonds is 2. The minimum atomic E-state index is -0.0732. The van der Waals surface area contributed by atoms with E-state index in [1.807, 2.05) is 6.92 Å². The monoisotopic (exact) mass is 234 g/mol. The van der Waals surface area contributed by atoms with Gasteiger partial charge in [-0.15, -0.1) is 0 Å². The van der Waals surface area contributed by atoms with Crippen molar-refractivity contribution < 1.29 is 4.79 Å². The fraction of sp³-hybridized carbons (Fsp3) is 0.417. The number of nitrogens with one attached hydrogen (secondary N) is 3. The van der Waals surface area contributed by atoms with Crippen LogP contribution in [0, 0.1) is 6.92 Å². The van der Waals surface area contributed by atoms with E-state index < -0.39 is 0 Å². The van der Waals surface area contributed by atoms with Crippen molar-refractivity contribution in [1.29, 1.82) is 0 Å². The van der Waals surface area contributed by atoms with Crippen LogP contribution in [0.3, 0.4) is 0 Å². The summed E-state index contributed by atoms with van der Waals surface area (Å²) in [6.07, 6.45) is 0.856. The molecule has 17 heavy (non-hydrogen) atoms. The van der Waals surface area contributed by atoms with Crippen molar-refractivity contribution in [3.8, 4) is 0 Å². The molecule has 1 saturated heterocycles. The van der Waals surface area contributed by atoms with Gasteiger partial charge < -0.3 is 11.1 Å². The summed E-state index contributed by atoms with van der Waals surface area (Å²) in [5.41, 5.74) is 14.0. The van der Waals surface area contributed by atoms with Crippen molar-refractivity contribution in [3.05, 3.63) is 29.3 Å². The zero-order valence-corrected chi connectivity index (χ0v) is 10.1. The first-order chi connectivity index (χ1) is 8.06. The van der Waals surface area contributed by atoms with Gasteiger partial charge in [0.1, 0.15) is 0 Å². The summed E-state index contributed by atoms with van der Waals surface area (Å²) in [5, 5.41) is 2.93. The van der Waals surface area contributed by atoms with Gasteiger partial charge >= 0.3 is 0 Å². The quantitative estimate of drug-likeness (QED) is 0.562. The third kappa shape index (κ3) is 2.75. The van der Waals surface area contributed by atoms with Crippen LogP contribution in [0.2, 0.25) is 0 Å². The predicted octanol–water partition coefficient (Wildman–Crippen LogP) is 0.520. The van der Waals surface area contributed by atoms with Crippen molar-refractivity contribution in [1.82, 2.24) is 16.2 Å². The molecule has 1 aromatic carbocycles. The van der Waals surface area contributed by atoms with Crippen molar-refractivity contribution in [2.24, 2.45) is 0 Å². The number of carbonyl (C=O) groups is 1. The number of carbonyl (C=O) groups excluding carboxylic acids is 1. The summed E-state index contributed by atoms with van der Waals surface area (Å²) in [4.78, 5) is 12.0. The summed E-state index contributed by atoms with van der Waals surface area (Å²) in [6.45, 7) is 3.95. The fourth-order valence-electron chi connectivity index (χ4n) is 1.99. The van der Waals surface area contributed by atoms with Gasteiger partial charge in [0.2, 0.25) is 0 Å². The highest BCUT2D eigenvalue weighted by atomic mass is 16.1. The largest absolute Gasteiger partial charge is 0.399 e. The maximum Gasteiger partial charge on any atom is 0.252 e. The van der Waals surface area contributed by atoms with Gasteiger partial charge in [0.15, 0.2) is 0 Å². The lowest BCUT2D eigenvalue weighted by Gasteiger charge is -2.13. The Morgan fingerprint density at radius 1 is 1.47 bits per heavy atom. The lowest BCUT2D eigenvalue weighted by atomic mass is 10.1. The molecule has 92 valence electrons. The summed E-state index contributed by atoms with van der Waals surface area (Å²) in [5.74, 6) is -0.0732. The van der Waals surface area contributed by atoms with Gasteiger partial charge in [-0.3, -0.25) is 10.2 Å². The highest BCUT2D eigenvalue weighted by Gasteiger charge is 2.22. The van der Waals surface area contributed by atoms with E-state index in [9.17, 15) is 4.79 Å². The Balaban J connectivity index is 2.04. The van der Waals surface area contributed by atoms with Crippen LogP contribution in [0.25, 0.3) is 0 Å². The van der Waals surface area contributed by atoms with E-state index >= 15 is 0 Å². The standard InChI is InChI=1S/C12H18N4O/c1-7-5-9(13)3-4-10(7)12(17)14-11-6-8(2)15-16-11/h3-5,8,11,15-16H,6,13H2,1-2H3,(H,14,17). The topological polar surface area (TPSA) is 79.2 Å². The fourth-order valence-corrected chi connectivity index (χ4v) is 1.99. The highest BCUT2D eigenvalue weighted by molar-refractivity contribution is 5.96. The van der Waals surface area contributed by atoms with E-state index in [1.54, 1.807) is 18.2 Å². The number of anilines is 1. The smallest absolute Gasteiger partial charge is 0.252 e. The Hall–Kier alpha value is -1.59. The first kappa shape index (κ1) is 11.9. The SMILES string of the molecule is Cc1cc(N)ccc1C(=O)NC1CC(C)NN1. The van der Waals surface area contributed by atoms with Gasteiger partial charge in [0.05, 0.1) is 6.17 Å². The first-order valence-corrected chi connectivity index (χ1v) is 5.74. The molecule has 0 saturated carbocycles. The minimum Gasteiger partial charge on any atom is -0.399 e. The summed E-state index contributed by atoms with van der Waals surface area (Å²) in [6, 6.07) is 5.67. The molecule has 5 N–H and O–H groups in total. The Kier molecular flexibility index (Phi) is 3.31. The number of amides is 1. The summed E-state index contributed by atoms with van der Waals surface area (Å²) in [7, 11) is 0. The van der Waals surface area contributed by atoms with Crippen LogP contribution in [-0.4, -0.2) is 18.1 Å². The molecular formula is C12H18N4O. The van der Waals surface area contributed by atoms with Crippen LogP contribution in [0.5, 0.6) is 0 Å². The van der Waals surface area contributed by atoms with Crippen molar-refractivity contribution >= 4 is 11.6 Å². The molecule has 0 bridgehead atoms. The number of nitrogens with two attached hydrogens (primary N) is 1. The zero-order valence-electron chi connectivity index (χ0n) is 10.1. The molecule has 1 aromatic rings. The molecule has 0 aliphatic carbocycles. The van der Waals surface area contributed by atoms with Gasteiger partial charge in [-0.25, -0.2) is 5.43 Å². The van der Waals surface area contributed by atoms with Crippen LogP contribution in [0.15, 0.2) is 18.2 Å². The molecule has 1 heterocycles. The van der Waals surface area contributed by atoms with Crippen LogP contribution in [-0.2, 0) is 0 Å². The molecule has 5 heteroatoms. The average Bonchev–Trinajstić information content (AvgIpc) is 2.63. The third-order valence-corrected chi connectivity index (χ3v) is 2.89. The minimum absolute atomic E-state index is 0.0190. The number of nitrogen functional groups attached to an aromatic ring is 1. The summed E-state index contributed by atoms with van der Waals surface area (Å²) < 4.78 is 0. The Morgan fingerprint density at radius 3 is 2.82 bits per heavy atom. The molecule has 0 radical (unpaired) electrons. The number of hydrogen-bond donors (Lipinski definition) is 4. The molecule has 2 rings (SSSR count). The lowest BCUT2D eigenvalue weighted by Crippen LogP contribution is -2.44. The van der Waals surface area contributed by atoms with Crippen molar-refractivity contribution in [2.75, 3.05) is 5.73 Å². The van der Waals surface area contributed by atoms with Crippen molar-refractivity contribution in [2.45, 2.75) is 32.5 Å². The molecule has 0 spiro atoms. The Labute approximate surface area is 101 Å². The maximum absolute atomic E-state index is 12.0. The van der Waals surface area contributed by atoms with Crippen LogP contribution in [0.4, 0.5) is 5.69 Å². The van der Waals surface area contributed by atoms with E-state index in [-0.39, 0.29) is 12.1 Å². The molecule has 2 atom stereocenters. The molecule has 1 aliphatic heterocycles. The van der Waals surface area contributed by atoms with Gasteiger partial charge in [0, 0.05) is 17.3 Å². The van der Waals surface area contributed by atoms with E-state index in [1.165, 1.54) is 0 Å². The molecular weight excluding hydrogens is 216 g/mol. The van der Waals surface area contributed by atoms with Gasteiger partial charge in [-0.05, 0) is 44.0 Å². The second-order valence-electron chi connectivity index (χ2n) is 4.53. The number of aryl methyl sites for hydroxylation is 1. The molecule has 1 amide bonds. The average molecular weight is 234 g/mol. The molecule has 0 aromatic heterocycles. The second-order valence-corrected chi connectivity index (χ2v) is 4.53. The third-order valence-electron chi connectivity index (χ3n) is 2.89. The van der Waals surface area contributed by atoms with Gasteiger partial charge in [-0.1, -0.05) is 0 Å². The zero-order chi connectivity index (χ0) is 12.4. The molecule has 5 nitrogen and oxygen atoms in total. The van der Waals surface area contributed by atoms with Crippen molar-refractivity contribution in [3.63, 3.8) is 0 Å². The van der Waals surface area contributed by atoms with E-state index in [0.29, 0.717) is 17.3 Å². The number of hydrogen-bond acceptors (Lipinski definition) is 4. The number of hydrazine groups is 1. The molecule has 1 fully saturated rings. The van der Waals surface area contributed by atoms with Gasteiger partial charge in [0.25, 0.3) is 5.91 Å². The van der Waals surface area contributed by atoms with E-state index in [0.717, 1.165) is 12.0 Å². The molecule has 1 aliphatic rings. The first-order valence-electron chi connectivity index (χ1n) is 5.74. The Morgan fingerprint density at radius 2 is 2.24 bits per heavy atom. The Bertz CT molecular complexity index is 433. The van der Waals surface area contributed by atoms with E-state index in [2.05, 4.69) is 23.1 Å². The molecule has 2 unspecified atom stereocenters. The predicted molar refractivity (Wildman–Crippen MR) is 67.2 cm³/mol. The van der Waals surface area contributed by atoms with Gasteiger partial charge in [-0.2, -0.15) is 0 Å². The highest BCUT2D eigenvalue weighted by Crippen LogP contribution is 2.13. The number of benzene rings is 1. The normalized spacial score (nSPS) is 23.6. The maximum atomic E-state index is 12.0. The van der Waals surface area contributed by atoms with Crippen LogP contribution >= 0.6 is 0 Å². The summed E-state index contributed by atoms with van der Waals surface area (Å²) >= 11 is 0. The van der Waals surface area contributed by atoms with Crippen LogP contribution < -0.4 is 21.9 Å². The van der Waals surface area contributed by atoms with E-state index in [4.69, 9.17) is 5.73 Å². The second kappa shape index (κ2) is 4.73. The van der Waals surface area contributed by atoms with Crippen LogP contribution in [0.1, 0.15) is 29.3 Å². The lowest BCUT2D eigenvalue weighted by molar-refractivity contribution is 0.0932.